The number of fused-ring (bicyclic) bond motifs is 2. The molecule has 136 valence electrons. The van der Waals surface area contributed by atoms with Gasteiger partial charge in [-0.25, -0.2) is 9.67 Å². The minimum atomic E-state index is 0.0528. The summed E-state index contributed by atoms with van der Waals surface area (Å²) < 4.78 is 7.53. The Morgan fingerprint density at radius 2 is 2.19 bits per heavy atom. The molecule has 1 aliphatic carbocycles. The zero-order chi connectivity index (χ0) is 17.7. The number of aromatic nitrogens is 3. The maximum Gasteiger partial charge on any atom is 0.145 e. The smallest absolute Gasteiger partial charge is 0.145 e. The van der Waals surface area contributed by atoms with Crippen LogP contribution in [0.5, 0.6) is 5.75 Å². The summed E-state index contributed by atoms with van der Waals surface area (Å²) >= 11 is 0. The number of amidine groups is 1. The highest BCUT2D eigenvalue weighted by Gasteiger charge is 2.48. The molecule has 26 heavy (non-hydrogen) atoms. The molecule has 5 rings (SSSR count). The van der Waals surface area contributed by atoms with Gasteiger partial charge in [-0.2, -0.15) is 0 Å². The maximum absolute atomic E-state index is 5.71. The van der Waals surface area contributed by atoms with Gasteiger partial charge in [0.05, 0.1) is 30.5 Å². The average Bonchev–Trinajstić information content (AvgIpc) is 3.35. The second-order valence-corrected chi connectivity index (χ2v) is 7.42. The Hall–Kier alpha value is -2.41. The van der Waals surface area contributed by atoms with Crippen molar-refractivity contribution in [2.75, 3.05) is 20.7 Å². The molecule has 0 radical (unpaired) electrons. The first-order valence-corrected chi connectivity index (χ1v) is 9.40. The van der Waals surface area contributed by atoms with Gasteiger partial charge in [-0.1, -0.05) is 11.6 Å². The van der Waals surface area contributed by atoms with Gasteiger partial charge < -0.3 is 15.4 Å². The highest BCUT2D eigenvalue weighted by molar-refractivity contribution is 6.01. The molecule has 7 nitrogen and oxygen atoms in total. The van der Waals surface area contributed by atoms with E-state index < -0.39 is 0 Å². The topological polar surface area (TPSA) is 76.4 Å². The Bertz CT molecular complexity index is 876. The predicted octanol–water partition coefficient (Wildman–Crippen LogP) is 2.39. The fraction of sp³-hybridized carbons (Fsp3) is 0.526. The quantitative estimate of drug-likeness (QED) is 0.887. The van der Waals surface area contributed by atoms with Crippen LogP contribution < -0.4 is 15.4 Å². The number of rotatable bonds is 3. The first-order chi connectivity index (χ1) is 12.7. The molecule has 0 unspecified atom stereocenters. The van der Waals surface area contributed by atoms with Crippen LogP contribution in [0.3, 0.4) is 0 Å². The SMILES string of the molecule is CNC1=Nc2cc(-n3cc([C@@H]4CCCN4)nn3)c(OC)cc2C12CCC2. The van der Waals surface area contributed by atoms with Crippen LogP contribution in [-0.2, 0) is 5.41 Å². The lowest BCUT2D eigenvalue weighted by atomic mass is 9.64. The van der Waals surface area contributed by atoms with E-state index >= 15 is 0 Å². The molecule has 3 aliphatic rings. The Balaban J connectivity index is 1.57. The second kappa shape index (κ2) is 5.81. The molecule has 0 bridgehead atoms. The molecular weight excluding hydrogens is 328 g/mol. The van der Waals surface area contributed by atoms with Gasteiger partial charge >= 0.3 is 0 Å². The molecule has 1 spiro atoms. The van der Waals surface area contributed by atoms with Gasteiger partial charge in [-0.3, -0.25) is 0 Å². The van der Waals surface area contributed by atoms with Crippen molar-refractivity contribution < 1.29 is 4.74 Å². The third kappa shape index (κ3) is 2.13. The van der Waals surface area contributed by atoms with E-state index in [9.17, 15) is 0 Å². The summed E-state index contributed by atoms with van der Waals surface area (Å²) in [6.45, 7) is 1.04. The molecular formula is C19H24N6O. The Morgan fingerprint density at radius 3 is 2.85 bits per heavy atom. The van der Waals surface area contributed by atoms with E-state index in [1.54, 1.807) is 7.11 Å². The minimum Gasteiger partial charge on any atom is -0.494 e. The largest absolute Gasteiger partial charge is 0.494 e. The van der Waals surface area contributed by atoms with Gasteiger partial charge in [-0.15, -0.1) is 5.10 Å². The van der Waals surface area contributed by atoms with Crippen molar-refractivity contribution in [3.8, 4) is 11.4 Å². The third-order valence-electron chi connectivity index (χ3n) is 6.12. The van der Waals surface area contributed by atoms with Gasteiger partial charge in [0.1, 0.15) is 23.0 Å². The summed E-state index contributed by atoms with van der Waals surface area (Å²) in [4.78, 5) is 4.87. The fourth-order valence-corrected chi connectivity index (χ4v) is 4.55. The number of hydrogen-bond acceptors (Lipinski definition) is 6. The zero-order valence-electron chi connectivity index (χ0n) is 15.2. The summed E-state index contributed by atoms with van der Waals surface area (Å²) in [5, 5.41) is 15.5. The van der Waals surface area contributed by atoms with Crippen molar-refractivity contribution in [3.05, 3.63) is 29.6 Å². The van der Waals surface area contributed by atoms with Crippen molar-refractivity contribution in [1.82, 2.24) is 25.6 Å². The van der Waals surface area contributed by atoms with Gasteiger partial charge in [0, 0.05) is 7.05 Å². The van der Waals surface area contributed by atoms with Crippen LogP contribution in [0.25, 0.3) is 5.69 Å². The molecule has 1 atom stereocenters. The van der Waals surface area contributed by atoms with Crippen LogP contribution in [0.4, 0.5) is 5.69 Å². The van der Waals surface area contributed by atoms with Crippen molar-refractivity contribution in [3.63, 3.8) is 0 Å². The Kier molecular flexibility index (Phi) is 3.53. The lowest BCUT2D eigenvalue weighted by Gasteiger charge is -2.40. The molecule has 7 heteroatoms. The van der Waals surface area contributed by atoms with Crippen LogP contribution in [0.2, 0.25) is 0 Å². The number of nitrogens with one attached hydrogen (secondary N) is 2. The Morgan fingerprint density at radius 1 is 1.31 bits per heavy atom. The first-order valence-electron chi connectivity index (χ1n) is 9.40. The van der Waals surface area contributed by atoms with Crippen LogP contribution in [0.1, 0.15) is 49.4 Å². The lowest BCUT2D eigenvalue weighted by molar-refractivity contribution is 0.338. The molecule has 2 aromatic rings. The van der Waals surface area contributed by atoms with Crippen LogP contribution >= 0.6 is 0 Å². The first kappa shape index (κ1) is 15.8. The van der Waals surface area contributed by atoms with Gasteiger partial charge in [0.25, 0.3) is 0 Å². The summed E-state index contributed by atoms with van der Waals surface area (Å²) in [6.07, 6.45) is 7.82. The number of aliphatic imine (C=N–C) groups is 1. The van der Waals surface area contributed by atoms with E-state index in [1.807, 2.05) is 17.9 Å². The van der Waals surface area contributed by atoms with Crippen LogP contribution in [-0.4, -0.2) is 41.5 Å². The van der Waals surface area contributed by atoms with Crippen molar-refractivity contribution in [2.45, 2.75) is 43.6 Å². The molecule has 2 N–H and O–H groups in total. The molecule has 3 heterocycles. The third-order valence-corrected chi connectivity index (χ3v) is 6.12. The van der Waals surface area contributed by atoms with Crippen molar-refractivity contribution >= 4 is 11.5 Å². The highest BCUT2D eigenvalue weighted by Crippen LogP contribution is 2.53. The molecule has 2 fully saturated rings. The van der Waals surface area contributed by atoms with E-state index in [4.69, 9.17) is 9.73 Å². The number of methoxy groups -OCH3 is 1. The maximum atomic E-state index is 5.71. The van der Waals surface area contributed by atoms with E-state index in [1.165, 1.54) is 18.4 Å². The van der Waals surface area contributed by atoms with E-state index in [0.29, 0.717) is 6.04 Å². The molecule has 1 aromatic heterocycles. The number of nitrogens with zero attached hydrogens (tertiary/aromatic N) is 4. The standard InChI is InChI=1S/C19H24N6O/c1-20-18-19(6-4-7-19)12-9-17(26-2)16(10-14(12)22-18)25-11-15(23-24-25)13-5-3-8-21-13/h9-11,13,21H,3-8H2,1-2H3,(H,20,22)/t13-/m0/s1. The normalized spacial score (nSPS) is 22.8. The monoisotopic (exact) mass is 352 g/mol. The minimum absolute atomic E-state index is 0.0528. The van der Waals surface area contributed by atoms with E-state index in [2.05, 4.69) is 33.1 Å². The number of benzene rings is 1. The van der Waals surface area contributed by atoms with E-state index in [0.717, 1.165) is 54.5 Å². The van der Waals surface area contributed by atoms with Crippen LogP contribution in [0, 0.1) is 0 Å². The fourth-order valence-electron chi connectivity index (χ4n) is 4.55. The molecule has 2 aliphatic heterocycles. The summed E-state index contributed by atoms with van der Waals surface area (Å²) in [5.74, 6) is 1.89. The molecule has 1 aromatic carbocycles. The molecule has 1 saturated heterocycles. The second-order valence-electron chi connectivity index (χ2n) is 7.42. The highest BCUT2D eigenvalue weighted by atomic mass is 16.5. The lowest BCUT2D eigenvalue weighted by Crippen LogP contribution is -2.45. The number of ether oxygens (including phenoxy) is 1. The van der Waals surface area contributed by atoms with Crippen molar-refractivity contribution in [2.24, 2.45) is 4.99 Å². The van der Waals surface area contributed by atoms with Crippen LogP contribution in [0.15, 0.2) is 23.3 Å². The zero-order valence-corrected chi connectivity index (χ0v) is 15.2. The average molecular weight is 352 g/mol. The van der Waals surface area contributed by atoms with E-state index in [-0.39, 0.29) is 5.41 Å². The number of hydrogen-bond donors (Lipinski definition) is 2. The summed E-state index contributed by atoms with van der Waals surface area (Å²) in [7, 11) is 3.67. The van der Waals surface area contributed by atoms with Gasteiger partial charge in [-0.05, 0) is 49.9 Å². The molecule has 1 saturated carbocycles. The van der Waals surface area contributed by atoms with Gasteiger partial charge in [0.15, 0.2) is 0 Å². The van der Waals surface area contributed by atoms with Crippen molar-refractivity contribution in [1.29, 1.82) is 0 Å². The van der Waals surface area contributed by atoms with Gasteiger partial charge in [0.2, 0.25) is 0 Å². The molecule has 0 amide bonds. The summed E-state index contributed by atoms with van der Waals surface area (Å²) in [6, 6.07) is 4.53. The predicted molar refractivity (Wildman–Crippen MR) is 99.6 cm³/mol. The summed E-state index contributed by atoms with van der Waals surface area (Å²) in [5.41, 5.74) is 4.21. The Labute approximate surface area is 152 Å². The number of likely N-dealkylation sites (N-methyl/N-ethyl adjacent to an activating group) is 1.